The topological polar surface area (TPSA) is 73.7 Å². The quantitative estimate of drug-likeness (QED) is 0.717. The van der Waals surface area contributed by atoms with E-state index in [9.17, 15) is 9.59 Å². The molecule has 3 rings (SSSR count). The number of nitrogens with zero attached hydrogens (tertiary/aromatic N) is 3. The van der Waals surface area contributed by atoms with Crippen molar-refractivity contribution in [3.05, 3.63) is 52.8 Å². The molecule has 0 bridgehead atoms. The second kappa shape index (κ2) is 9.11. The standard InChI is InChI=1S/C22H29N3O4/c1-15(2)28-22(27)24-12-10-19(11-13-24)29-21(26)20-16(3)23-25(17(20)4)14-18-8-6-5-7-9-18/h5-9,15,19H,10-14H2,1-4H3. The number of amides is 1. The number of piperidine rings is 1. The van der Waals surface area contributed by atoms with Gasteiger partial charge in [-0.2, -0.15) is 5.10 Å². The lowest BCUT2D eigenvalue weighted by atomic mass is 10.1. The van der Waals surface area contributed by atoms with E-state index in [0.717, 1.165) is 11.3 Å². The van der Waals surface area contributed by atoms with Gasteiger partial charge in [-0.05, 0) is 33.3 Å². The fourth-order valence-corrected chi connectivity index (χ4v) is 3.55. The Morgan fingerprint density at radius 3 is 2.41 bits per heavy atom. The molecular formula is C22H29N3O4. The number of carbonyl (C=O) groups is 2. The monoisotopic (exact) mass is 399 g/mol. The van der Waals surface area contributed by atoms with Crippen molar-refractivity contribution >= 4 is 12.1 Å². The Labute approximate surface area is 171 Å². The van der Waals surface area contributed by atoms with Crippen LogP contribution in [-0.4, -0.2) is 52.0 Å². The number of carbonyl (C=O) groups excluding carboxylic acids is 2. The van der Waals surface area contributed by atoms with E-state index in [1.54, 1.807) is 4.90 Å². The summed E-state index contributed by atoms with van der Waals surface area (Å²) in [6.45, 7) is 9.03. The van der Waals surface area contributed by atoms with Crippen LogP contribution in [0.15, 0.2) is 30.3 Å². The zero-order valence-corrected chi connectivity index (χ0v) is 17.6. The van der Waals surface area contributed by atoms with E-state index in [2.05, 4.69) is 5.10 Å². The number of aryl methyl sites for hydroxylation is 1. The van der Waals surface area contributed by atoms with Gasteiger partial charge < -0.3 is 14.4 Å². The van der Waals surface area contributed by atoms with E-state index < -0.39 is 0 Å². The highest BCUT2D eigenvalue weighted by Crippen LogP contribution is 2.20. The molecule has 2 aromatic rings. The first-order valence-electron chi connectivity index (χ1n) is 10.1. The van der Waals surface area contributed by atoms with Gasteiger partial charge in [-0.25, -0.2) is 9.59 Å². The van der Waals surface area contributed by atoms with Crippen LogP contribution in [0.2, 0.25) is 0 Å². The van der Waals surface area contributed by atoms with E-state index >= 15 is 0 Å². The lowest BCUT2D eigenvalue weighted by Crippen LogP contribution is -2.42. The minimum atomic E-state index is -0.345. The predicted octanol–water partition coefficient (Wildman–Crippen LogP) is 3.71. The summed E-state index contributed by atoms with van der Waals surface area (Å²) in [5, 5.41) is 4.53. The highest BCUT2D eigenvalue weighted by atomic mass is 16.6. The summed E-state index contributed by atoms with van der Waals surface area (Å²) in [7, 11) is 0. The molecule has 0 N–H and O–H groups in total. The molecule has 0 unspecified atom stereocenters. The summed E-state index contributed by atoms with van der Waals surface area (Å²) in [4.78, 5) is 26.5. The molecule has 1 fully saturated rings. The van der Waals surface area contributed by atoms with Crippen LogP contribution in [0.4, 0.5) is 4.79 Å². The zero-order valence-electron chi connectivity index (χ0n) is 17.6. The number of rotatable bonds is 5. The molecule has 1 aliphatic rings. The number of hydrogen-bond acceptors (Lipinski definition) is 5. The predicted molar refractivity (Wildman–Crippen MR) is 109 cm³/mol. The van der Waals surface area contributed by atoms with Crippen LogP contribution in [0.5, 0.6) is 0 Å². The molecule has 0 aliphatic carbocycles. The van der Waals surface area contributed by atoms with Crippen LogP contribution in [0.1, 0.15) is 54.0 Å². The van der Waals surface area contributed by atoms with Crippen molar-refractivity contribution in [3.8, 4) is 0 Å². The number of hydrogen-bond donors (Lipinski definition) is 0. The van der Waals surface area contributed by atoms with Gasteiger partial charge in [-0.3, -0.25) is 4.68 Å². The van der Waals surface area contributed by atoms with Crippen molar-refractivity contribution in [2.45, 2.75) is 59.3 Å². The smallest absolute Gasteiger partial charge is 0.410 e. The highest BCUT2D eigenvalue weighted by Gasteiger charge is 2.28. The van der Waals surface area contributed by atoms with Crippen LogP contribution in [-0.2, 0) is 16.0 Å². The molecule has 1 saturated heterocycles. The van der Waals surface area contributed by atoms with Gasteiger partial charge in [0.1, 0.15) is 11.7 Å². The minimum Gasteiger partial charge on any atom is -0.459 e. The molecule has 1 amide bonds. The fraction of sp³-hybridized carbons (Fsp3) is 0.500. The maximum atomic E-state index is 12.8. The molecule has 2 heterocycles. The summed E-state index contributed by atoms with van der Waals surface area (Å²) in [6, 6.07) is 10.0. The Hall–Kier alpha value is -2.83. The summed E-state index contributed by atoms with van der Waals surface area (Å²) in [6.07, 6.45) is 0.557. The highest BCUT2D eigenvalue weighted by molar-refractivity contribution is 5.92. The molecule has 0 saturated carbocycles. The van der Waals surface area contributed by atoms with Crippen LogP contribution in [0, 0.1) is 13.8 Å². The van der Waals surface area contributed by atoms with Crippen molar-refractivity contribution in [1.29, 1.82) is 0 Å². The van der Waals surface area contributed by atoms with Crippen molar-refractivity contribution in [1.82, 2.24) is 14.7 Å². The van der Waals surface area contributed by atoms with Crippen LogP contribution in [0.25, 0.3) is 0 Å². The fourth-order valence-electron chi connectivity index (χ4n) is 3.55. The van der Waals surface area contributed by atoms with Gasteiger partial charge in [0.15, 0.2) is 0 Å². The van der Waals surface area contributed by atoms with E-state index in [4.69, 9.17) is 9.47 Å². The third-order valence-corrected chi connectivity index (χ3v) is 5.07. The molecule has 7 heteroatoms. The minimum absolute atomic E-state index is 0.142. The molecule has 156 valence electrons. The molecule has 0 spiro atoms. The molecular weight excluding hydrogens is 370 g/mol. The molecule has 1 aromatic carbocycles. The average molecular weight is 399 g/mol. The Kier molecular flexibility index (Phi) is 6.56. The van der Waals surface area contributed by atoms with Crippen LogP contribution >= 0.6 is 0 Å². The number of esters is 1. The van der Waals surface area contributed by atoms with Gasteiger partial charge in [-0.15, -0.1) is 0 Å². The summed E-state index contributed by atoms with van der Waals surface area (Å²) in [5.74, 6) is -0.345. The van der Waals surface area contributed by atoms with Crippen molar-refractivity contribution < 1.29 is 19.1 Å². The SMILES string of the molecule is Cc1nn(Cc2ccccc2)c(C)c1C(=O)OC1CCN(C(=O)OC(C)C)CC1. The average Bonchev–Trinajstić information content (AvgIpc) is 2.95. The molecule has 1 aromatic heterocycles. The first kappa shape index (κ1) is 20.9. The summed E-state index contributed by atoms with van der Waals surface area (Å²) >= 11 is 0. The van der Waals surface area contributed by atoms with E-state index in [-0.39, 0.29) is 24.3 Å². The van der Waals surface area contributed by atoms with Gasteiger partial charge in [0.25, 0.3) is 0 Å². The normalized spacial score (nSPS) is 14.9. The third-order valence-electron chi connectivity index (χ3n) is 5.07. The van der Waals surface area contributed by atoms with Crippen LogP contribution in [0.3, 0.4) is 0 Å². The Balaban J connectivity index is 1.60. The largest absolute Gasteiger partial charge is 0.459 e. The maximum absolute atomic E-state index is 12.8. The van der Waals surface area contributed by atoms with Gasteiger partial charge in [0, 0.05) is 25.9 Å². The number of ether oxygens (including phenoxy) is 2. The number of benzene rings is 1. The molecule has 29 heavy (non-hydrogen) atoms. The van der Waals surface area contributed by atoms with Gasteiger partial charge in [0.05, 0.1) is 24.0 Å². The van der Waals surface area contributed by atoms with Gasteiger partial charge in [0.2, 0.25) is 0 Å². The Morgan fingerprint density at radius 2 is 1.79 bits per heavy atom. The van der Waals surface area contributed by atoms with Crippen molar-refractivity contribution in [2.75, 3.05) is 13.1 Å². The van der Waals surface area contributed by atoms with Crippen molar-refractivity contribution in [3.63, 3.8) is 0 Å². The lowest BCUT2D eigenvalue weighted by Gasteiger charge is -2.31. The Bertz CT molecular complexity index is 852. The molecule has 7 nitrogen and oxygen atoms in total. The summed E-state index contributed by atoms with van der Waals surface area (Å²) in [5.41, 5.74) is 3.12. The molecule has 1 aliphatic heterocycles. The third kappa shape index (κ3) is 5.16. The first-order chi connectivity index (χ1) is 13.8. The zero-order chi connectivity index (χ0) is 21.0. The van der Waals surface area contributed by atoms with Crippen LogP contribution < -0.4 is 0 Å². The Morgan fingerprint density at radius 1 is 1.14 bits per heavy atom. The summed E-state index contributed by atoms with van der Waals surface area (Å²) < 4.78 is 12.8. The van der Waals surface area contributed by atoms with Crippen molar-refractivity contribution in [2.24, 2.45) is 0 Å². The van der Waals surface area contributed by atoms with E-state index in [1.165, 1.54) is 0 Å². The number of aromatic nitrogens is 2. The first-order valence-corrected chi connectivity index (χ1v) is 10.1. The van der Waals surface area contributed by atoms with E-state index in [0.29, 0.717) is 43.7 Å². The lowest BCUT2D eigenvalue weighted by molar-refractivity contribution is 0.00802. The molecule has 0 radical (unpaired) electrons. The van der Waals surface area contributed by atoms with E-state index in [1.807, 2.05) is 62.7 Å². The molecule has 0 atom stereocenters. The number of likely N-dealkylation sites (tertiary alicyclic amines) is 1. The second-order valence-corrected chi connectivity index (χ2v) is 7.71. The maximum Gasteiger partial charge on any atom is 0.410 e. The van der Waals surface area contributed by atoms with Gasteiger partial charge >= 0.3 is 12.1 Å². The second-order valence-electron chi connectivity index (χ2n) is 7.71. The van der Waals surface area contributed by atoms with Gasteiger partial charge in [-0.1, -0.05) is 30.3 Å².